The zero-order valence-electron chi connectivity index (χ0n) is 9.01. The van der Waals surface area contributed by atoms with Gasteiger partial charge >= 0.3 is 0 Å². The molecule has 0 bridgehead atoms. The zero-order valence-corrected chi connectivity index (χ0v) is 9.01. The van der Waals surface area contributed by atoms with E-state index in [1.807, 2.05) is 12.4 Å². The Balaban J connectivity index is 2.17. The van der Waals surface area contributed by atoms with Crippen LogP contribution in [0.5, 0.6) is 0 Å². The first-order valence-electron chi connectivity index (χ1n) is 5.55. The predicted molar refractivity (Wildman–Crippen MR) is 67.6 cm³/mol. The Kier molecular flexibility index (Phi) is 2.10. The summed E-state index contributed by atoms with van der Waals surface area (Å²) in [4.78, 5) is 4.26. The Hall–Kier alpha value is -1.89. The Bertz CT molecular complexity index is 505. The molecule has 2 aliphatic rings. The number of hydrogen-bond acceptors (Lipinski definition) is 1. The highest BCUT2D eigenvalue weighted by molar-refractivity contribution is 5.69. The van der Waals surface area contributed by atoms with Crippen molar-refractivity contribution >= 4 is 6.21 Å². The van der Waals surface area contributed by atoms with Crippen LogP contribution >= 0.6 is 0 Å². The van der Waals surface area contributed by atoms with Gasteiger partial charge < -0.3 is 0 Å². The van der Waals surface area contributed by atoms with E-state index in [-0.39, 0.29) is 5.41 Å². The highest BCUT2D eigenvalue weighted by Crippen LogP contribution is 2.40. The standard InChI is InChI=1S/C15H13N/c1-2-6-13(7-3-1)15-9-5-4-8-14(15)12-16-11-10-15/h1-9,11-12H,10H2. The minimum absolute atomic E-state index is 0.0117. The molecule has 1 aliphatic carbocycles. The molecule has 16 heavy (non-hydrogen) atoms. The highest BCUT2D eigenvalue weighted by Gasteiger charge is 2.33. The lowest BCUT2D eigenvalue weighted by Crippen LogP contribution is -2.29. The molecule has 1 unspecified atom stereocenters. The summed E-state index contributed by atoms with van der Waals surface area (Å²) in [6, 6.07) is 10.6. The van der Waals surface area contributed by atoms with E-state index in [2.05, 4.69) is 59.6 Å². The second-order valence-electron chi connectivity index (χ2n) is 4.18. The molecule has 1 aliphatic heterocycles. The van der Waals surface area contributed by atoms with Crippen LogP contribution in [0.15, 0.2) is 71.4 Å². The van der Waals surface area contributed by atoms with E-state index in [1.165, 1.54) is 11.1 Å². The molecule has 0 N–H and O–H groups in total. The number of rotatable bonds is 1. The Labute approximate surface area is 95.5 Å². The Morgan fingerprint density at radius 1 is 1.06 bits per heavy atom. The van der Waals surface area contributed by atoms with Crippen LogP contribution in [0.1, 0.15) is 12.0 Å². The van der Waals surface area contributed by atoms with E-state index in [0.717, 1.165) is 6.42 Å². The quantitative estimate of drug-likeness (QED) is 0.669. The molecule has 1 nitrogen and oxygen atoms in total. The number of aliphatic imine (C=N–C) groups is 1. The third kappa shape index (κ3) is 1.28. The molecule has 0 radical (unpaired) electrons. The van der Waals surface area contributed by atoms with E-state index in [9.17, 15) is 0 Å². The van der Waals surface area contributed by atoms with Crippen molar-refractivity contribution in [1.82, 2.24) is 0 Å². The van der Waals surface area contributed by atoms with Gasteiger partial charge in [-0.15, -0.1) is 0 Å². The number of benzene rings is 1. The summed E-state index contributed by atoms with van der Waals surface area (Å²) >= 11 is 0. The Morgan fingerprint density at radius 2 is 1.94 bits per heavy atom. The molecule has 0 fully saturated rings. The molecule has 0 spiro atoms. The van der Waals surface area contributed by atoms with Crippen molar-refractivity contribution in [3.8, 4) is 0 Å². The summed E-state index contributed by atoms with van der Waals surface area (Å²) in [5, 5.41) is 0. The van der Waals surface area contributed by atoms with Gasteiger partial charge in [-0.1, -0.05) is 54.6 Å². The predicted octanol–water partition coefficient (Wildman–Crippen LogP) is 3.41. The monoisotopic (exact) mass is 207 g/mol. The fourth-order valence-corrected chi connectivity index (χ4v) is 2.41. The third-order valence-electron chi connectivity index (χ3n) is 3.30. The lowest BCUT2D eigenvalue weighted by molar-refractivity contribution is 0.663. The first-order valence-corrected chi connectivity index (χ1v) is 5.55. The third-order valence-corrected chi connectivity index (χ3v) is 3.30. The van der Waals surface area contributed by atoms with Gasteiger partial charge in [0, 0.05) is 24.3 Å². The molecule has 3 rings (SSSR count). The van der Waals surface area contributed by atoms with Crippen LogP contribution in [0.4, 0.5) is 0 Å². The SMILES string of the molecule is C1=CC2=CN=CCC2(c2ccccc2)C=C1. The average Bonchev–Trinajstić information content (AvgIpc) is 2.40. The van der Waals surface area contributed by atoms with Gasteiger partial charge in [-0.05, 0) is 11.1 Å². The molecule has 78 valence electrons. The van der Waals surface area contributed by atoms with E-state index >= 15 is 0 Å². The van der Waals surface area contributed by atoms with Crippen LogP contribution in [0.2, 0.25) is 0 Å². The van der Waals surface area contributed by atoms with Gasteiger partial charge in [-0.25, -0.2) is 0 Å². The summed E-state index contributed by atoms with van der Waals surface area (Å²) in [5.74, 6) is 0. The van der Waals surface area contributed by atoms with Crippen molar-refractivity contribution in [2.75, 3.05) is 0 Å². The molecule has 0 amide bonds. The van der Waals surface area contributed by atoms with Gasteiger partial charge in [0.25, 0.3) is 0 Å². The summed E-state index contributed by atoms with van der Waals surface area (Å²) in [7, 11) is 0. The summed E-state index contributed by atoms with van der Waals surface area (Å²) in [5.41, 5.74) is 2.63. The maximum absolute atomic E-state index is 4.26. The fraction of sp³-hybridized carbons (Fsp3) is 0.133. The lowest BCUT2D eigenvalue weighted by Gasteiger charge is -2.34. The molecule has 1 heterocycles. The van der Waals surface area contributed by atoms with Gasteiger partial charge in [0.2, 0.25) is 0 Å². The lowest BCUT2D eigenvalue weighted by atomic mass is 9.69. The van der Waals surface area contributed by atoms with E-state index in [4.69, 9.17) is 0 Å². The van der Waals surface area contributed by atoms with Gasteiger partial charge in [-0.3, -0.25) is 4.99 Å². The summed E-state index contributed by atoms with van der Waals surface area (Å²) in [6.07, 6.45) is 13.6. The molecule has 0 saturated carbocycles. The molecular weight excluding hydrogens is 194 g/mol. The van der Waals surface area contributed by atoms with Gasteiger partial charge in [0.05, 0.1) is 0 Å². The van der Waals surface area contributed by atoms with Crippen LogP contribution in [-0.4, -0.2) is 6.21 Å². The zero-order chi connectivity index (χ0) is 10.8. The van der Waals surface area contributed by atoms with Crippen LogP contribution in [-0.2, 0) is 5.41 Å². The molecule has 1 heteroatoms. The second-order valence-corrected chi connectivity index (χ2v) is 4.18. The van der Waals surface area contributed by atoms with Crippen LogP contribution in [0, 0.1) is 0 Å². The van der Waals surface area contributed by atoms with Crippen molar-refractivity contribution in [3.05, 3.63) is 72.0 Å². The fourth-order valence-electron chi connectivity index (χ4n) is 2.41. The molecule has 1 atom stereocenters. The number of nitrogens with zero attached hydrogens (tertiary/aromatic N) is 1. The first-order chi connectivity index (χ1) is 7.92. The topological polar surface area (TPSA) is 12.4 Å². The Morgan fingerprint density at radius 3 is 2.81 bits per heavy atom. The maximum atomic E-state index is 4.26. The maximum Gasteiger partial charge on any atom is 0.0449 e. The van der Waals surface area contributed by atoms with Gasteiger partial charge in [0.15, 0.2) is 0 Å². The second kappa shape index (κ2) is 3.60. The number of fused-ring (bicyclic) bond motifs is 1. The number of allylic oxidation sites excluding steroid dienone is 5. The minimum atomic E-state index is 0.0117. The highest BCUT2D eigenvalue weighted by atomic mass is 14.7. The number of hydrogen-bond donors (Lipinski definition) is 0. The molecule has 1 aromatic rings. The first kappa shape index (κ1) is 9.34. The summed E-state index contributed by atoms with van der Waals surface area (Å²) < 4.78 is 0. The van der Waals surface area contributed by atoms with Crippen LogP contribution in [0.3, 0.4) is 0 Å². The van der Waals surface area contributed by atoms with E-state index < -0.39 is 0 Å². The van der Waals surface area contributed by atoms with Gasteiger partial charge in [0.1, 0.15) is 0 Å². The van der Waals surface area contributed by atoms with Crippen molar-refractivity contribution < 1.29 is 0 Å². The van der Waals surface area contributed by atoms with E-state index in [0.29, 0.717) is 0 Å². The van der Waals surface area contributed by atoms with Crippen molar-refractivity contribution in [2.45, 2.75) is 11.8 Å². The van der Waals surface area contributed by atoms with Crippen molar-refractivity contribution in [3.63, 3.8) is 0 Å². The minimum Gasteiger partial charge on any atom is -0.269 e. The largest absolute Gasteiger partial charge is 0.269 e. The molecule has 0 aromatic heterocycles. The molecular formula is C15H13N. The average molecular weight is 207 g/mol. The smallest absolute Gasteiger partial charge is 0.0449 e. The van der Waals surface area contributed by atoms with Crippen molar-refractivity contribution in [1.29, 1.82) is 0 Å². The van der Waals surface area contributed by atoms with Gasteiger partial charge in [-0.2, -0.15) is 0 Å². The van der Waals surface area contributed by atoms with Crippen LogP contribution < -0.4 is 0 Å². The van der Waals surface area contributed by atoms with Crippen molar-refractivity contribution in [2.24, 2.45) is 4.99 Å². The molecule has 0 saturated heterocycles. The van der Waals surface area contributed by atoms with Crippen LogP contribution in [0.25, 0.3) is 0 Å². The normalized spacial score (nSPS) is 26.4. The molecule has 1 aromatic carbocycles. The summed E-state index contributed by atoms with van der Waals surface area (Å²) in [6.45, 7) is 0. The van der Waals surface area contributed by atoms with E-state index in [1.54, 1.807) is 0 Å².